The Morgan fingerprint density at radius 3 is 2.80 bits per heavy atom. The minimum absolute atomic E-state index is 0.0615. The Balaban J connectivity index is 2.30. The van der Waals surface area contributed by atoms with Crippen LogP contribution in [0.4, 0.5) is 5.69 Å². The van der Waals surface area contributed by atoms with Gasteiger partial charge in [0.2, 0.25) is 0 Å². The number of aromatic nitrogens is 1. The molecule has 1 aromatic carbocycles. The molecular weight excluding hydrogens is 268 g/mol. The average molecular weight is 280 g/mol. The van der Waals surface area contributed by atoms with Gasteiger partial charge in [-0.15, -0.1) is 0 Å². The first kappa shape index (κ1) is 13.8. The number of rotatable bonds is 6. The first-order chi connectivity index (χ1) is 9.65. The molecule has 8 heteroatoms. The Morgan fingerprint density at radius 2 is 2.25 bits per heavy atom. The summed E-state index contributed by atoms with van der Waals surface area (Å²) >= 11 is 0. The number of hydrogen-bond acceptors (Lipinski definition) is 7. The van der Waals surface area contributed by atoms with Gasteiger partial charge in [0.05, 0.1) is 36.5 Å². The zero-order valence-electron chi connectivity index (χ0n) is 10.6. The van der Waals surface area contributed by atoms with E-state index in [1.54, 1.807) is 6.07 Å². The molecule has 1 aromatic heterocycles. The third-order valence-corrected chi connectivity index (χ3v) is 2.59. The fraction of sp³-hybridized carbons (Fsp3) is 0.250. The Labute approximate surface area is 113 Å². The zero-order chi connectivity index (χ0) is 14.5. The van der Waals surface area contributed by atoms with Crippen LogP contribution in [0.2, 0.25) is 0 Å². The summed E-state index contributed by atoms with van der Waals surface area (Å²) < 4.78 is 15.4. The van der Waals surface area contributed by atoms with Gasteiger partial charge in [-0.3, -0.25) is 10.1 Å². The highest BCUT2D eigenvalue weighted by molar-refractivity contribution is 5.54. The van der Waals surface area contributed by atoms with Crippen LogP contribution in [0.5, 0.6) is 11.5 Å². The lowest BCUT2D eigenvalue weighted by atomic mass is 10.1. The summed E-state index contributed by atoms with van der Waals surface area (Å²) in [6.07, 6.45) is 1.47. The number of nitro benzene ring substituents is 1. The highest BCUT2D eigenvalue weighted by Crippen LogP contribution is 2.35. The van der Waals surface area contributed by atoms with Gasteiger partial charge in [-0.1, -0.05) is 5.16 Å². The van der Waals surface area contributed by atoms with Crippen molar-refractivity contribution in [2.45, 2.75) is 13.2 Å². The molecule has 1 N–H and O–H groups in total. The van der Waals surface area contributed by atoms with Gasteiger partial charge in [0.15, 0.2) is 17.3 Å². The summed E-state index contributed by atoms with van der Waals surface area (Å²) in [6, 6.07) is 4.19. The molecule has 2 aromatic rings. The number of nitro groups is 1. The van der Waals surface area contributed by atoms with Gasteiger partial charge in [0.1, 0.15) is 6.61 Å². The molecule has 0 aliphatic rings. The van der Waals surface area contributed by atoms with E-state index in [4.69, 9.17) is 19.1 Å². The van der Waals surface area contributed by atoms with Crippen LogP contribution in [0.1, 0.15) is 11.3 Å². The Morgan fingerprint density at radius 1 is 1.45 bits per heavy atom. The van der Waals surface area contributed by atoms with Crippen molar-refractivity contribution in [1.29, 1.82) is 0 Å². The van der Waals surface area contributed by atoms with Crippen LogP contribution in [-0.4, -0.2) is 22.3 Å². The fourth-order valence-electron chi connectivity index (χ4n) is 1.63. The lowest BCUT2D eigenvalue weighted by Crippen LogP contribution is -2.01. The van der Waals surface area contributed by atoms with Gasteiger partial charge >= 0.3 is 0 Å². The average Bonchev–Trinajstić information content (AvgIpc) is 2.97. The Kier molecular flexibility index (Phi) is 4.16. The van der Waals surface area contributed by atoms with Crippen molar-refractivity contribution >= 4 is 5.69 Å². The third kappa shape index (κ3) is 2.86. The minimum Gasteiger partial charge on any atom is -0.493 e. The lowest BCUT2D eigenvalue weighted by Gasteiger charge is -2.11. The summed E-state index contributed by atoms with van der Waals surface area (Å²) in [5, 5.41) is 23.6. The van der Waals surface area contributed by atoms with E-state index in [-0.39, 0.29) is 23.6 Å². The molecule has 0 saturated carbocycles. The molecule has 20 heavy (non-hydrogen) atoms. The van der Waals surface area contributed by atoms with E-state index < -0.39 is 11.5 Å². The quantitative estimate of drug-likeness (QED) is 0.633. The summed E-state index contributed by atoms with van der Waals surface area (Å²) in [6.45, 7) is -0.402. The van der Waals surface area contributed by atoms with Crippen molar-refractivity contribution in [2.75, 3.05) is 7.11 Å². The third-order valence-electron chi connectivity index (χ3n) is 2.59. The number of nitrogens with zero attached hydrogens (tertiary/aromatic N) is 2. The molecule has 0 aliphatic heterocycles. The second-order valence-electron chi connectivity index (χ2n) is 3.81. The van der Waals surface area contributed by atoms with Gasteiger partial charge in [-0.25, -0.2) is 0 Å². The Hall–Kier alpha value is -2.61. The monoisotopic (exact) mass is 280 g/mol. The van der Waals surface area contributed by atoms with Gasteiger partial charge < -0.3 is 19.1 Å². The first-order valence-electron chi connectivity index (χ1n) is 5.64. The number of hydrogen-bond donors (Lipinski definition) is 1. The molecule has 1 heterocycles. The maximum absolute atomic E-state index is 10.9. The minimum atomic E-state index is -0.591. The predicted octanol–water partition coefficient (Wildman–Crippen LogP) is 1.66. The van der Waals surface area contributed by atoms with Crippen LogP contribution in [0.25, 0.3) is 0 Å². The SMILES string of the molecule is COc1cc(CO)c([N+](=O)[O-])cc1OCc1ccno1. The van der Waals surface area contributed by atoms with Crippen molar-refractivity contribution < 1.29 is 24.0 Å². The maximum atomic E-state index is 10.9. The maximum Gasteiger partial charge on any atom is 0.278 e. The van der Waals surface area contributed by atoms with Gasteiger partial charge in [-0.2, -0.15) is 0 Å². The van der Waals surface area contributed by atoms with E-state index in [9.17, 15) is 10.1 Å². The van der Waals surface area contributed by atoms with E-state index in [0.29, 0.717) is 11.5 Å². The molecule has 0 unspecified atom stereocenters. The highest BCUT2D eigenvalue weighted by atomic mass is 16.6. The molecule has 0 spiro atoms. The lowest BCUT2D eigenvalue weighted by molar-refractivity contribution is -0.386. The van der Waals surface area contributed by atoms with Crippen LogP contribution < -0.4 is 9.47 Å². The predicted molar refractivity (Wildman–Crippen MR) is 66.4 cm³/mol. The van der Waals surface area contributed by atoms with Gasteiger partial charge in [0.25, 0.3) is 5.69 Å². The standard InChI is InChI=1S/C12H12N2O6/c1-18-11-4-8(6-15)10(14(16)17)5-12(11)19-7-9-2-3-13-20-9/h2-5,15H,6-7H2,1H3. The second kappa shape index (κ2) is 6.02. The van der Waals surface area contributed by atoms with Crippen LogP contribution >= 0.6 is 0 Å². The number of aliphatic hydroxyl groups excluding tert-OH is 1. The molecule has 8 nitrogen and oxygen atoms in total. The summed E-state index contributed by atoms with van der Waals surface area (Å²) in [7, 11) is 1.41. The molecule has 0 aliphatic carbocycles. The van der Waals surface area contributed by atoms with E-state index in [1.807, 2.05) is 0 Å². The number of methoxy groups -OCH3 is 1. The van der Waals surface area contributed by atoms with Crippen molar-refractivity contribution in [1.82, 2.24) is 5.16 Å². The smallest absolute Gasteiger partial charge is 0.278 e. The first-order valence-corrected chi connectivity index (χ1v) is 5.64. The van der Waals surface area contributed by atoms with Crippen molar-refractivity contribution in [3.63, 3.8) is 0 Å². The van der Waals surface area contributed by atoms with Crippen molar-refractivity contribution in [3.05, 3.63) is 45.8 Å². The molecule has 0 bridgehead atoms. The van der Waals surface area contributed by atoms with Crippen LogP contribution in [-0.2, 0) is 13.2 Å². The topological polar surface area (TPSA) is 108 Å². The molecule has 0 atom stereocenters. The largest absolute Gasteiger partial charge is 0.493 e. The van der Waals surface area contributed by atoms with E-state index in [0.717, 1.165) is 0 Å². The summed E-state index contributed by atoms with van der Waals surface area (Å²) in [5.41, 5.74) is -0.0836. The number of aliphatic hydroxyl groups is 1. The fourth-order valence-corrected chi connectivity index (χ4v) is 1.63. The highest BCUT2D eigenvalue weighted by Gasteiger charge is 2.19. The van der Waals surface area contributed by atoms with E-state index in [1.165, 1.54) is 25.4 Å². The van der Waals surface area contributed by atoms with Gasteiger partial charge in [-0.05, 0) is 6.07 Å². The molecule has 0 radical (unpaired) electrons. The molecule has 0 amide bonds. The summed E-state index contributed by atoms with van der Waals surface area (Å²) in [4.78, 5) is 10.3. The molecular formula is C12H12N2O6. The van der Waals surface area contributed by atoms with Gasteiger partial charge in [0, 0.05) is 6.07 Å². The van der Waals surface area contributed by atoms with Crippen LogP contribution in [0, 0.1) is 10.1 Å². The number of ether oxygens (including phenoxy) is 2. The molecule has 106 valence electrons. The second-order valence-corrected chi connectivity index (χ2v) is 3.81. The van der Waals surface area contributed by atoms with E-state index >= 15 is 0 Å². The zero-order valence-corrected chi connectivity index (χ0v) is 10.6. The number of benzene rings is 1. The van der Waals surface area contributed by atoms with E-state index in [2.05, 4.69) is 5.16 Å². The molecule has 0 fully saturated rings. The molecule has 2 rings (SSSR count). The van der Waals surface area contributed by atoms with Crippen LogP contribution in [0.3, 0.4) is 0 Å². The van der Waals surface area contributed by atoms with Crippen molar-refractivity contribution in [2.24, 2.45) is 0 Å². The molecule has 0 saturated heterocycles. The van der Waals surface area contributed by atoms with Crippen molar-refractivity contribution in [3.8, 4) is 11.5 Å². The van der Waals surface area contributed by atoms with Crippen LogP contribution in [0.15, 0.2) is 28.9 Å². The Bertz CT molecular complexity index is 596. The summed E-state index contributed by atoms with van der Waals surface area (Å²) in [5.74, 6) is 0.952. The normalized spacial score (nSPS) is 10.3.